The summed E-state index contributed by atoms with van der Waals surface area (Å²) in [6, 6.07) is 8.15. The van der Waals surface area contributed by atoms with Crippen LogP contribution in [0.3, 0.4) is 0 Å². The van der Waals surface area contributed by atoms with Gasteiger partial charge in [-0.05, 0) is 68.7 Å². The Kier molecular flexibility index (Phi) is 4.53. The van der Waals surface area contributed by atoms with E-state index in [1.807, 2.05) is 19.1 Å². The Morgan fingerprint density at radius 3 is 2.20 bits per heavy atom. The molecular formula is C21H24N2O2. The monoisotopic (exact) mass is 336 g/mol. The third-order valence-corrected chi connectivity index (χ3v) is 4.40. The van der Waals surface area contributed by atoms with Crippen LogP contribution >= 0.6 is 0 Å². The van der Waals surface area contributed by atoms with Crippen molar-refractivity contribution in [3.63, 3.8) is 0 Å². The molecule has 0 amide bonds. The average Bonchev–Trinajstić information content (AvgIpc) is 3.08. The number of rotatable bonds is 4. The molecule has 4 heteroatoms. The van der Waals surface area contributed by atoms with Gasteiger partial charge in [-0.1, -0.05) is 6.07 Å². The summed E-state index contributed by atoms with van der Waals surface area (Å²) in [7, 11) is 3.30. The Morgan fingerprint density at radius 1 is 0.960 bits per heavy atom. The molecule has 0 aliphatic carbocycles. The van der Waals surface area contributed by atoms with Gasteiger partial charge >= 0.3 is 0 Å². The SMILES string of the molecule is COc1ccc(/C(=C2/N=C(C)C=C2C)c2[nH]c(C)cc2C)cc1OC. The Balaban J connectivity index is 2.29. The second-order valence-corrected chi connectivity index (χ2v) is 6.38. The van der Waals surface area contributed by atoms with Crippen LogP contribution in [0.5, 0.6) is 11.5 Å². The number of benzene rings is 1. The maximum absolute atomic E-state index is 5.50. The van der Waals surface area contributed by atoms with Crippen LogP contribution in [0.25, 0.3) is 5.57 Å². The zero-order valence-corrected chi connectivity index (χ0v) is 15.7. The predicted octanol–water partition coefficient (Wildman–Crippen LogP) is 4.83. The van der Waals surface area contributed by atoms with Crippen molar-refractivity contribution >= 4 is 11.3 Å². The van der Waals surface area contributed by atoms with Crippen molar-refractivity contribution < 1.29 is 9.47 Å². The molecule has 130 valence electrons. The zero-order chi connectivity index (χ0) is 18.1. The lowest BCUT2D eigenvalue weighted by atomic mass is 9.95. The molecule has 1 aromatic carbocycles. The molecule has 0 atom stereocenters. The van der Waals surface area contributed by atoms with Gasteiger partial charge in [-0.3, -0.25) is 4.99 Å². The van der Waals surface area contributed by atoms with E-state index >= 15 is 0 Å². The Labute approximate surface area is 148 Å². The molecule has 0 unspecified atom stereocenters. The van der Waals surface area contributed by atoms with E-state index in [1.165, 1.54) is 5.56 Å². The van der Waals surface area contributed by atoms with E-state index in [9.17, 15) is 0 Å². The van der Waals surface area contributed by atoms with Crippen LogP contribution in [0.15, 0.2) is 46.6 Å². The summed E-state index contributed by atoms with van der Waals surface area (Å²) in [6.07, 6.45) is 2.11. The molecule has 1 aliphatic rings. The van der Waals surface area contributed by atoms with Crippen molar-refractivity contribution in [3.8, 4) is 11.5 Å². The molecule has 1 N–H and O–H groups in total. The fourth-order valence-electron chi connectivity index (χ4n) is 3.31. The van der Waals surface area contributed by atoms with Gasteiger partial charge in [0.25, 0.3) is 0 Å². The van der Waals surface area contributed by atoms with E-state index in [2.05, 4.69) is 44.0 Å². The Bertz CT molecular complexity index is 914. The van der Waals surface area contributed by atoms with Crippen LogP contribution < -0.4 is 9.47 Å². The van der Waals surface area contributed by atoms with Gasteiger partial charge in [0, 0.05) is 17.0 Å². The maximum atomic E-state index is 5.50. The fraction of sp³-hybridized carbons (Fsp3) is 0.286. The van der Waals surface area contributed by atoms with Crippen molar-refractivity contribution in [2.45, 2.75) is 27.7 Å². The lowest BCUT2D eigenvalue weighted by Crippen LogP contribution is -1.98. The van der Waals surface area contributed by atoms with E-state index in [-0.39, 0.29) is 0 Å². The van der Waals surface area contributed by atoms with E-state index in [0.29, 0.717) is 11.5 Å². The van der Waals surface area contributed by atoms with Crippen LogP contribution in [0, 0.1) is 13.8 Å². The van der Waals surface area contributed by atoms with E-state index in [4.69, 9.17) is 14.5 Å². The topological polar surface area (TPSA) is 46.6 Å². The molecular weight excluding hydrogens is 312 g/mol. The van der Waals surface area contributed by atoms with E-state index in [1.54, 1.807) is 14.2 Å². The first kappa shape index (κ1) is 17.1. The minimum atomic E-state index is 0.708. The molecule has 0 saturated heterocycles. The standard InChI is InChI=1S/C21H24N2O2/c1-12-9-14(3)22-20(12)19(21-13(2)10-15(4)23-21)16-7-8-17(24-5)18(11-16)25-6/h7-11,22H,1-6H3/b21-19-. The van der Waals surface area contributed by atoms with Crippen LogP contribution in [0.1, 0.15) is 36.4 Å². The second-order valence-electron chi connectivity index (χ2n) is 6.38. The fourth-order valence-corrected chi connectivity index (χ4v) is 3.31. The number of methoxy groups -OCH3 is 2. The van der Waals surface area contributed by atoms with Crippen molar-refractivity contribution in [2.75, 3.05) is 14.2 Å². The highest BCUT2D eigenvalue weighted by Crippen LogP contribution is 2.38. The molecule has 1 aliphatic heterocycles. The first-order valence-electron chi connectivity index (χ1n) is 8.31. The molecule has 0 spiro atoms. The van der Waals surface area contributed by atoms with Gasteiger partial charge in [-0.2, -0.15) is 0 Å². The number of hydrogen-bond acceptors (Lipinski definition) is 3. The first-order chi connectivity index (χ1) is 11.9. The smallest absolute Gasteiger partial charge is 0.161 e. The summed E-state index contributed by atoms with van der Waals surface area (Å²) < 4.78 is 10.9. The lowest BCUT2D eigenvalue weighted by molar-refractivity contribution is 0.355. The number of hydrogen-bond donors (Lipinski definition) is 1. The highest BCUT2D eigenvalue weighted by atomic mass is 16.5. The predicted molar refractivity (Wildman–Crippen MR) is 103 cm³/mol. The average molecular weight is 336 g/mol. The molecule has 0 saturated carbocycles. The number of ether oxygens (including phenoxy) is 2. The van der Waals surface area contributed by atoms with Gasteiger partial charge in [0.2, 0.25) is 0 Å². The number of nitrogens with one attached hydrogen (secondary N) is 1. The number of aromatic nitrogens is 1. The lowest BCUT2D eigenvalue weighted by Gasteiger charge is -2.15. The Hall–Kier alpha value is -2.75. The Morgan fingerprint density at radius 2 is 1.68 bits per heavy atom. The first-order valence-corrected chi connectivity index (χ1v) is 8.31. The van der Waals surface area contributed by atoms with Crippen molar-refractivity contribution in [3.05, 3.63) is 64.1 Å². The highest BCUT2D eigenvalue weighted by Gasteiger charge is 2.21. The molecule has 2 aromatic rings. The molecule has 2 heterocycles. The highest BCUT2D eigenvalue weighted by molar-refractivity contribution is 6.01. The summed E-state index contributed by atoms with van der Waals surface area (Å²) in [5.74, 6) is 1.42. The summed E-state index contributed by atoms with van der Waals surface area (Å²) >= 11 is 0. The number of allylic oxidation sites excluding steroid dienone is 2. The van der Waals surface area contributed by atoms with Crippen LogP contribution in [-0.2, 0) is 0 Å². The van der Waals surface area contributed by atoms with Crippen LogP contribution in [-0.4, -0.2) is 24.9 Å². The number of aliphatic imine (C=N–C) groups is 1. The van der Waals surface area contributed by atoms with Crippen LogP contribution in [0.4, 0.5) is 0 Å². The molecule has 0 radical (unpaired) electrons. The van der Waals surface area contributed by atoms with Gasteiger partial charge < -0.3 is 14.5 Å². The second kappa shape index (κ2) is 6.63. The molecule has 0 bridgehead atoms. The minimum Gasteiger partial charge on any atom is -0.493 e. The van der Waals surface area contributed by atoms with Gasteiger partial charge in [-0.25, -0.2) is 0 Å². The zero-order valence-electron chi connectivity index (χ0n) is 15.7. The summed E-state index contributed by atoms with van der Waals surface area (Å²) in [6.45, 7) is 8.31. The summed E-state index contributed by atoms with van der Waals surface area (Å²) in [5, 5.41) is 0. The van der Waals surface area contributed by atoms with Gasteiger partial charge in [0.15, 0.2) is 11.5 Å². The number of nitrogens with zero attached hydrogens (tertiary/aromatic N) is 1. The summed E-state index contributed by atoms with van der Waals surface area (Å²) in [4.78, 5) is 8.28. The molecule has 25 heavy (non-hydrogen) atoms. The van der Waals surface area contributed by atoms with Crippen LogP contribution in [0.2, 0.25) is 0 Å². The summed E-state index contributed by atoms with van der Waals surface area (Å²) in [5.41, 5.74) is 8.72. The third-order valence-electron chi connectivity index (χ3n) is 4.40. The molecule has 4 nitrogen and oxygen atoms in total. The number of aromatic amines is 1. The normalized spacial score (nSPS) is 15.8. The minimum absolute atomic E-state index is 0.708. The maximum Gasteiger partial charge on any atom is 0.161 e. The molecule has 1 aromatic heterocycles. The van der Waals surface area contributed by atoms with Crippen molar-refractivity contribution in [1.29, 1.82) is 0 Å². The third kappa shape index (κ3) is 3.12. The molecule has 0 fully saturated rings. The van der Waals surface area contributed by atoms with Crippen molar-refractivity contribution in [1.82, 2.24) is 4.98 Å². The van der Waals surface area contributed by atoms with Gasteiger partial charge in [-0.15, -0.1) is 0 Å². The van der Waals surface area contributed by atoms with Crippen molar-refractivity contribution in [2.24, 2.45) is 4.99 Å². The number of H-pyrrole nitrogens is 1. The largest absolute Gasteiger partial charge is 0.493 e. The quantitative estimate of drug-likeness (QED) is 0.869. The molecule has 3 rings (SSSR count). The van der Waals surface area contributed by atoms with E-state index < -0.39 is 0 Å². The number of aryl methyl sites for hydroxylation is 2. The van der Waals surface area contributed by atoms with Gasteiger partial charge in [0.1, 0.15) is 0 Å². The van der Waals surface area contributed by atoms with Gasteiger partial charge in [0.05, 0.1) is 25.6 Å². The van der Waals surface area contributed by atoms with E-state index in [0.717, 1.165) is 39.5 Å².